The van der Waals surface area contributed by atoms with Crippen molar-refractivity contribution < 1.29 is 13.6 Å². The predicted molar refractivity (Wildman–Crippen MR) is 126 cm³/mol. The van der Waals surface area contributed by atoms with Crippen molar-refractivity contribution in [1.29, 1.82) is 0 Å². The van der Waals surface area contributed by atoms with Crippen LogP contribution in [0.4, 0.5) is 14.5 Å². The van der Waals surface area contributed by atoms with Crippen molar-refractivity contribution in [2.75, 3.05) is 18.4 Å². The summed E-state index contributed by atoms with van der Waals surface area (Å²) in [6.07, 6.45) is 4.37. The van der Waals surface area contributed by atoms with Gasteiger partial charge in [0, 0.05) is 23.8 Å². The minimum Gasteiger partial charge on any atom is -0.322 e. The van der Waals surface area contributed by atoms with Crippen LogP contribution in [-0.4, -0.2) is 28.9 Å². The molecule has 0 saturated carbocycles. The van der Waals surface area contributed by atoms with Gasteiger partial charge in [0.25, 0.3) is 5.91 Å². The third-order valence-corrected chi connectivity index (χ3v) is 5.99. The fraction of sp³-hybridized carbons (Fsp3) is 0.185. The molecule has 0 spiro atoms. The number of rotatable bonds is 5. The fourth-order valence-electron chi connectivity index (χ4n) is 4.25. The summed E-state index contributed by atoms with van der Waals surface area (Å²) in [5.74, 6) is -1.54. The van der Waals surface area contributed by atoms with Gasteiger partial charge >= 0.3 is 0 Å². The summed E-state index contributed by atoms with van der Waals surface area (Å²) < 4.78 is 27.8. The smallest absolute Gasteiger partial charge is 0.258 e. The molecule has 1 fully saturated rings. The van der Waals surface area contributed by atoms with Crippen LogP contribution < -0.4 is 5.32 Å². The number of amides is 1. The third kappa shape index (κ3) is 4.76. The fourth-order valence-corrected chi connectivity index (χ4v) is 4.25. The molecule has 4 aromatic rings. The predicted octanol–water partition coefficient (Wildman–Crippen LogP) is 6.03. The van der Waals surface area contributed by atoms with E-state index in [0.717, 1.165) is 30.5 Å². The molecule has 5 rings (SSSR count). The number of carbonyl (C=O) groups is 1. The van der Waals surface area contributed by atoms with E-state index < -0.39 is 11.7 Å². The molecular weight excluding hydrogens is 420 g/mol. The van der Waals surface area contributed by atoms with E-state index in [1.165, 1.54) is 42.7 Å². The van der Waals surface area contributed by atoms with Gasteiger partial charge in [0.2, 0.25) is 0 Å². The van der Waals surface area contributed by atoms with Crippen LogP contribution in [-0.2, 0) is 6.54 Å². The maximum absolute atomic E-state index is 14.7. The highest BCUT2D eigenvalue weighted by Crippen LogP contribution is 2.24. The Kier molecular flexibility index (Phi) is 5.84. The number of fused-ring (bicyclic) bond motifs is 1. The second kappa shape index (κ2) is 9.08. The quantitative estimate of drug-likeness (QED) is 0.410. The van der Waals surface area contributed by atoms with Crippen molar-refractivity contribution in [2.45, 2.75) is 19.4 Å². The molecule has 4 nitrogen and oxygen atoms in total. The van der Waals surface area contributed by atoms with Crippen molar-refractivity contribution in [1.82, 2.24) is 9.88 Å². The zero-order valence-corrected chi connectivity index (χ0v) is 18.0. The third-order valence-electron chi connectivity index (χ3n) is 5.99. The first-order valence-corrected chi connectivity index (χ1v) is 11.0. The number of nitrogens with one attached hydrogen (secondary N) is 1. The molecule has 0 bridgehead atoms. The Hall–Kier alpha value is -3.64. The molecule has 1 saturated heterocycles. The van der Waals surface area contributed by atoms with Crippen molar-refractivity contribution in [2.24, 2.45) is 0 Å². The Bertz CT molecular complexity index is 1320. The number of carbonyl (C=O) groups excluding carboxylic acids is 1. The van der Waals surface area contributed by atoms with Gasteiger partial charge in [0.1, 0.15) is 11.6 Å². The summed E-state index contributed by atoms with van der Waals surface area (Å²) in [7, 11) is 0. The van der Waals surface area contributed by atoms with Gasteiger partial charge in [0.05, 0.1) is 11.1 Å². The zero-order chi connectivity index (χ0) is 22.8. The molecule has 1 aliphatic heterocycles. The molecule has 1 N–H and O–H groups in total. The first-order chi connectivity index (χ1) is 16.0. The lowest BCUT2D eigenvalue weighted by molar-refractivity contribution is 0.102. The van der Waals surface area contributed by atoms with Gasteiger partial charge in [-0.05, 0) is 85.1 Å². The van der Waals surface area contributed by atoms with Gasteiger partial charge < -0.3 is 5.32 Å². The van der Waals surface area contributed by atoms with Crippen LogP contribution >= 0.6 is 0 Å². The molecular formula is C27H23F2N3O. The van der Waals surface area contributed by atoms with E-state index in [4.69, 9.17) is 0 Å². The second-order valence-electron chi connectivity index (χ2n) is 8.39. The van der Waals surface area contributed by atoms with E-state index in [1.807, 2.05) is 12.3 Å². The molecule has 0 atom stereocenters. The standard InChI is InChI=1S/C27H23F2N3O/c28-22-7-3-19(4-8-22)20-6-10-24(25(29)14-20)27(33)31-23-9-5-21-13-18(16-30-26(21)15-23)17-32-11-1-2-12-32/h3-10,13-16H,1-2,11-12,17H2,(H,31,33). The van der Waals surface area contributed by atoms with E-state index in [0.29, 0.717) is 16.8 Å². The van der Waals surface area contributed by atoms with Crippen LogP contribution in [0, 0.1) is 11.6 Å². The van der Waals surface area contributed by atoms with Crippen molar-refractivity contribution >= 4 is 22.5 Å². The highest BCUT2D eigenvalue weighted by atomic mass is 19.1. The first-order valence-electron chi connectivity index (χ1n) is 11.0. The largest absolute Gasteiger partial charge is 0.322 e. The SMILES string of the molecule is O=C(Nc1ccc2cc(CN3CCCC3)cnc2c1)c1ccc(-c2ccc(F)cc2)cc1F. The average Bonchev–Trinajstić information content (AvgIpc) is 3.32. The lowest BCUT2D eigenvalue weighted by Gasteiger charge is -2.14. The second-order valence-corrected chi connectivity index (χ2v) is 8.39. The molecule has 166 valence electrons. The summed E-state index contributed by atoms with van der Waals surface area (Å²) >= 11 is 0. The molecule has 3 aromatic carbocycles. The van der Waals surface area contributed by atoms with Gasteiger partial charge in [-0.3, -0.25) is 14.7 Å². The number of pyridine rings is 1. The average molecular weight is 443 g/mol. The number of hydrogen-bond acceptors (Lipinski definition) is 3. The Balaban J connectivity index is 1.31. The zero-order valence-electron chi connectivity index (χ0n) is 18.0. The summed E-state index contributed by atoms with van der Waals surface area (Å²) in [6.45, 7) is 3.16. The summed E-state index contributed by atoms with van der Waals surface area (Å²) in [5, 5.41) is 3.75. The topological polar surface area (TPSA) is 45.2 Å². The van der Waals surface area contributed by atoms with Gasteiger partial charge in [-0.2, -0.15) is 0 Å². The molecule has 1 aliphatic rings. The van der Waals surface area contributed by atoms with Crippen LogP contribution in [0.25, 0.3) is 22.0 Å². The van der Waals surface area contributed by atoms with Gasteiger partial charge in [-0.1, -0.05) is 24.3 Å². The number of benzene rings is 3. The van der Waals surface area contributed by atoms with Crippen LogP contribution in [0.1, 0.15) is 28.8 Å². The van der Waals surface area contributed by atoms with Gasteiger partial charge in [-0.25, -0.2) is 8.78 Å². The molecule has 0 aliphatic carbocycles. The Morgan fingerprint density at radius 3 is 2.42 bits per heavy atom. The van der Waals surface area contributed by atoms with E-state index in [9.17, 15) is 13.6 Å². The minimum atomic E-state index is -0.639. The minimum absolute atomic E-state index is 0.0603. The van der Waals surface area contributed by atoms with E-state index in [1.54, 1.807) is 30.3 Å². The van der Waals surface area contributed by atoms with Crippen molar-refractivity contribution in [3.63, 3.8) is 0 Å². The molecule has 2 heterocycles. The van der Waals surface area contributed by atoms with E-state index in [2.05, 4.69) is 21.3 Å². The normalized spacial score (nSPS) is 14.0. The molecule has 0 unspecified atom stereocenters. The number of hydrogen-bond donors (Lipinski definition) is 1. The monoisotopic (exact) mass is 443 g/mol. The maximum atomic E-state index is 14.7. The van der Waals surface area contributed by atoms with Crippen LogP contribution in [0.5, 0.6) is 0 Å². The van der Waals surface area contributed by atoms with Crippen molar-refractivity contribution in [3.8, 4) is 11.1 Å². The Morgan fingerprint density at radius 2 is 1.67 bits per heavy atom. The number of aromatic nitrogens is 1. The highest BCUT2D eigenvalue weighted by molar-refractivity contribution is 6.05. The first kappa shape index (κ1) is 21.2. The van der Waals surface area contributed by atoms with E-state index >= 15 is 0 Å². The van der Waals surface area contributed by atoms with Crippen LogP contribution in [0.2, 0.25) is 0 Å². The van der Waals surface area contributed by atoms with Crippen molar-refractivity contribution in [3.05, 3.63) is 95.7 Å². The van der Waals surface area contributed by atoms with Crippen LogP contribution in [0.15, 0.2) is 72.9 Å². The molecule has 6 heteroatoms. The van der Waals surface area contributed by atoms with Gasteiger partial charge in [-0.15, -0.1) is 0 Å². The molecule has 1 amide bonds. The van der Waals surface area contributed by atoms with Gasteiger partial charge in [0.15, 0.2) is 0 Å². The Labute approximate surface area is 190 Å². The summed E-state index contributed by atoms with van der Waals surface area (Å²) in [5.41, 5.74) is 3.68. The number of anilines is 1. The lowest BCUT2D eigenvalue weighted by atomic mass is 10.0. The lowest BCUT2D eigenvalue weighted by Crippen LogP contribution is -2.18. The highest BCUT2D eigenvalue weighted by Gasteiger charge is 2.15. The number of halogens is 2. The van der Waals surface area contributed by atoms with Crippen LogP contribution in [0.3, 0.4) is 0 Å². The summed E-state index contributed by atoms with van der Waals surface area (Å²) in [6, 6.07) is 17.8. The number of nitrogens with zero attached hydrogens (tertiary/aromatic N) is 2. The van der Waals surface area contributed by atoms with E-state index in [-0.39, 0.29) is 11.4 Å². The number of likely N-dealkylation sites (tertiary alicyclic amines) is 1. The Morgan fingerprint density at radius 1 is 0.909 bits per heavy atom. The molecule has 0 radical (unpaired) electrons. The maximum Gasteiger partial charge on any atom is 0.258 e. The summed E-state index contributed by atoms with van der Waals surface area (Å²) in [4.78, 5) is 19.7. The molecule has 33 heavy (non-hydrogen) atoms. The molecule has 1 aromatic heterocycles.